The zero-order chi connectivity index (χ0) is 13.8. The van der Waals surface area contributed by atoms with E-state index in [0.717, 1.165) is 18.2 Å². The molecule has 3 rings (SSSR count). The van der Waals surface area contributed by atoms with Crippen LogP contribution in [-0.4, -0.2) is 12.6 Å². The molecule has 2 fully saturated rings. The summed E-state index contributed by atoms with van der Waals surface area (Å²) in [4.78, 5) is 0. The maximum atomic E-state index is 6.04. The van der Waals surface area contributed by atoms with Gasteiger partial charge in [0, 0.05) is 0 Å². The van der Waals surface area contributed by atoms with E-state index in [9.17, 15) is 0 Å². The second-order valence-corrected chi connectivity index (χ2v) is 6.48. The lowest BCUT2D eigenvalue weighted by Crippen LogP contribution is -2.19. The minimum absolute atomic E-state index is 0.445. The monoisotopic (exact) mass is 273 g/mol. The van der Waals surface area contributed by atoms with Crippen molar-refractivity contribution in [2.75, 3.05) is 6.54 Å². The van der Waals surface area contributed by atoms with Crippen molar-refractivity contribution in [3.63, 3.8) is 0 Å². The Balaban J connectivity index is 1.64. The fourth-order valence-electron chi connectivity index (χ4n) is 3.95. The molecule has 0 saturated heterocycles. The molecule has 2 heteroatoms. The molecular formula is C18H27NO. The molecule has 2 N–H and O–H groups in total. The first-order valence-electron chi connectivity index (χ1n) is 8.33. The number of nitrogens with two attached hydrogens (primary N) is 1. The highest BCUT2D eigenvalue weighted by molar-refractivity contribution is 5.30. The van der Waals surface area contributed by atoms with Crippen LogP contribution in [0.2, 0.25) is 0 Å². The van der Waals surface area contributed by atoms with Crippen LogP contribution in [0.1, 0.15) is 62.8 Å². The largest absolute Gasteiger partial charge is 0.490 e. The summed E-state index contributed by atoms with van der Waals surface area (Å²) in [5, 5.41) is 0. The average molecular weight is 273 g/mol. The number of rotatable bonds is 5. The predicted molar refractivity (Wildman–Crippen MR) is 83.1 cm³/mol. The highest BCUT2D eigenvalue weighted by Gasteiger charge is 2.25. The third-order valence-corrected chi connectivity index (χ3v) is 5.14. The van der Waals surface area contributed by atoms with Crippen molar-refractivity contribution < 1.29 is 4.74 Å². The van der Waals surface area contributed by atoms with E-state index in [1.54, 1.807) is 0 Å². The molecule has 1 atom stereocenters. The van der Waals surface area contributed by atoms with Gasteiger partial charge in [-0.1, -0.05) is 25.0 Å². The van der Waals surface area contributed by atoms with E-state index in [0.29, 0.717) is 12.0 Å². The third kappa shape index (κ3) is 3.17. The highest BCUT2D eigenvalue weighted by atomic mass is 16.5. The smallest absolute Gasteiger partial charge is 0.119 e. The van der Waals surface area contributed by atoms with Crippen LogP contribution in [-0.2, 0) is 0 Å². The minimum atomic E-state index is 0.445. The van der Waals surface area contributed by atoms with Gasteiger partial charge >= 0.3 is 0 Å². The van der Waals surface area contributed by atoms with Gasteiger partial charge in [0.2, 0.25) is 0 Å². The summed E-state index contributed by atoms with van der Waals surface area (Å²) >= 11 is 0. The third-order valence-electron chi connectivity index (χ3n) is 5.14. The first-order chi connectivity index (χ1) is 9.86. The van der Waals surface area contributed by atoms with Gasteiger partial charge in [0.25, 0.3) is 0 Å². The molecule has 2 saturated carbocycles. The molecule has 110 valence electrons. The maximum absolute atomic E-state index is 6.04. The Bertz CT molecular complexity index is 402. The van der Waals surface area contributed by atoms with Crippen LogP contribution in [0.3, 0.4) is 0 Å². The Kier molecular flexibility index (Phi) is 4.62. The lowest BCUT2D eigenvalue weighted by atomic mass is 9.85. The van der Waals surface area contributed by atoms with Gasteiger partial charge in [-0.05, 0) is 74.6 Å². The van der Waals surface area contributed by atoms with Crippen LogP contribution >= 0.6 is 0 Å². The van der Waals surface area contributed by atoms with E-state index < -0.39 is 0 Å². The van der Waals surface area contributed by atoms with E-state index in [4.69, 9.17) is 10.5 Å². The first-order valence-corrected chi connectivity index (χ1v) is 8.33. The summed E-state index contributed by atoms with van der Waals surface area (Å²) in [6.45, 7) is 0.771. The summed E-state index contributed by atoms with van der Waals surface area (Å²) in [6.07, 6.45) is 11.0. The quantitative estimate of drug-likeness (QED) is 0.871. The molecule has 2 nitrogen and oxygen atoms in total. The first kappa shape index (κ1) is 13.9. The van der Waals surface area contributed by atoms with Gasteiger partial charge in [-0.3, -0.25) is 0 Å². The molecule has 0 bridgehead atoms. The van der Waals surface area contributed by atoms with E-state index >= 15 is 0 Å². The molecular weight excluding hydrogens is 246 g/mol. The molecule has 1 unspecified atom stereocenters. The fourth-order valence-corrected chi connectivity index (χ4v) is 3.95. The molecule has 1 aromatic rings. The normalized spacial score (nSPS) is 22.2. The van der Waals surface area contributed by atoms with Crippen LogP contribution in [0, 0.1) is 5.92 Å². The zero-order valence-electron chi connectivity index (χ0n) is 12.4. The molecule has 0 amide bonds. The Labute approximate surface area is 122 Å². The summed E-state index contributed by atoms with van der Waals surface area (Å²) in [7, 11) is 0. The standard InChI is InChI=1S/C18H27NO/c19-13-18(14-5-1-2-6-14)15-9-11-17(12-10-15)20-16-7-3-4-8-16/h9-12,14,16,18H,1-8,13,19H2. The maximum Gasteiger partial charge on any atom is 0.119 e. The van der Waals surface area contributed by atoms with E-state index in [2.05, 4.69) is 24.3 Å². The number of hydrogen-bond donors (Lipinski definition) is 1. The predicted octanol–water partition coefficient (Wildman–Crippen LogP) is 4.24. The Morgan fingerprint density at radius 2 is 1.55 bits per heavy atom. The highest BCUT2D eigenvalue weighted by Crippen LogP contribution is 2.37. The molecule has 2 aliphatic carbocycles. The van der Waals surface area contributed by atoms with Gasteiger partial charge in [0.1, 0.15) is 5.75 Å². The average Bonchev–Trinajstić information content (AvgIpc) is 3.15. The summed E-state index contributed by atoms with van der Waals surface area (Å²) in [5.41, 5.74) is 7.42. The molecule has 0 aliphatic heterocycles. The van der Waals surface area contributed by atoms with Gasteiger partial charge in [-0.15, -0.1) is 0 Å². The van der Waals surface area contributed by atoms with E-state index in [1.807, 2.05) is 0 Å². The van der Waals surface area contributed by atoms with Crippen molar-refractivity contribution in [1.29, 1.82) is 0 Å². The summed E-state index contributed by atoms with van der Waals surface area (Å²) < 4.78 is 6.04. The topological polar surface area (TPSA) is 35.2 Å². The van der Waals surface area contributed by atoms with E-state index in [1.165, 1.54) is 56.9 Å². The number of ether oxygens (including phenoxy) is 1. The van der Waals surface area contributed by atoms with Gasteiger partial charge in [0.05, 0.1) is 6.10 Å². The fraction of sp³-hybridized carbons (Fsp3) is 0.667. The van der Waals surface area contributed by atoms with Crippen LogP contribution in [0.4, 0.5) is 0 Å². The van der Waals surface area contributed by atoms with Crippen molar-refractivity contribution in [3.8, 4) is 5.75 Å². The van der Waals surface area contributed by atoms with Crippen molar-refractivity contribution in [2.45, 2.75) is 63.4 Å². The Hall–Kier alpha value is -1.02. The van der Waals surface area contributed by atoms with Crippen LogP contribution in [0.15, 0.2) is 24.3 Å². The molecule has 20 heavy (non-hydrogen) atoms. The van der Waals surface area contributed by atoms with E-state index in [-0.39, 0.29) is 0 Å². The SMILES string of the molecule is NCC(c1ccc(OC2CCCC2)cc1)C1CCCC1. The second-order valence-electron chi connectivity index (χ2n) is 6.48. The van der Waals surface area contributed by atoms with Crippen molar-refractivity contribution in [2.24, 2.45) is 11.7 Å². The lowest BCUT2D eigenvalue weighted by molar-refractivity contribution is 0.210. The summed E-state index contributed by atoms with van der Waals surface area (Å²) in [6, 6.07) is 8.76. The Morgan fingerprint density at radius 3 is 2.15 bits per heavy atom. The molecule has 2 aliphatic rings. The van der Waals surface area contributed by atoms with Crippen LogP contribution in [0.5, 0.6) is 5.75 Å². The van der Waals surface area contributed by atoms with Gasteiger partial charge < -0.3 is 10.5 Å². The molecule has 0 spiro atoms. The molecule has 0 aromatic heterocycles. The van der Waals surface area contributed by atoms with Gasteiger partial charge in [-0.2, -0.15) is 0 Å². The minimum Gasteiger partial charge on any atom is -0.490 e. The van der Waals surface area contributed by atoms with Crippen molar-refractivity contribution in [1.82, 2.24) is 0 Å². The van der Waals surface area contributed by atoms with Crippen molar-refractivity contribution >= 4 is 0 Å². The second kappa shape index (κ2) is 6.62. The number of benzene rings is 1. The zero-order valence-corrected chi connectivity index (χ0v) is 12.4. The number of hydrogen-bond acceptors (Lipinski definition) is 2. The molecule has 0 radical (unpaired) electrons. The van der Waals surface area contributed by atoms with Crippen LogP contribution in [0.25, 0.3) is 0 Å². The lowest BCUT2D eigenvalue weighted by Gasteiger charge is -2.22. The summed E-state index contributed by atoms with van der Waals surface area (Å²) in [5.74, 6) is 2.36. The van der Waals surface area contributed by atoms with Crippen LogP contribution < -0.4 is 10.5 Å². The van der Waals surface area contributed by atoms with Gasteiger partial charge in [-0.25, -0.2) is 0 Å². The van der Waals surface area contributed by atoms with Gasteiger partial charge in [0.15, 0.2) is 0 Å². The van der Waals surface area contributed by atoms with Crippen molar-refractivity contribution in [3.05, 3.63) is 29.8 Å². The Morgan fingerprint density at radius 1 is 0.950 bits per heavy atom. The molecule has 1 aromatic carbocycles. The molecule has 0 heterocycles.